The monoisotopic (exact) mass is 339 g/mol. The summed E-state index contributed by atoms with van der Waals surface area (Å²) in [5, 5.41) is 8.79. The van der Waals surface area contributed by atoms with Gasteiger partial charge in [0.15, 0.2) is 0 Å². The Morgan fingerprint density at radius 3 is 2.24 bits per heavy atom. The maximum absolute atomic E-state index is 12.5. The lowest BCUT2D eigenvalue weighted by molar-refractivity contribution is -0.140. The predicted molar refractivity (Wildman–Crippen MR) is 94.8 cm³/mol. The third-order valence-corrected chi connectivity index (χ3v) is 4.58. The summed E-state index contributed by atoms with van der Waals surface area (Å²) < 4.78 is 5.75. The molecule has 1 N–H and O–H groups in total. The molecular formula is C20H21NO4. The second-order valence-electron chi connectivity index (χ2n) is 6.44. The molecule has 130 valence electrons. The van der Waals surface area contributed by atoms with E-state index in [0.29, 0.717) is 18.6 Å². The molecule has 1 fully saturated rings. The van der Waals surface area contributed by atoms with Crippen LogP contribution in [0.1, 0.15) is 19.3 Å². The summed E-state index contributed by atoms with van der Waals surface area (Å²) in [6, 6.07) is 16.9. The summed E-state index contributed by atoms with van der Waals surface area (Å²) in [6.45, 7) is 0. The third kappa shape index (κ3) is 4.18. The van der Waals surface area contributed by atoms with Crippen molar-refractivity contribution in [3.05, 3.63) is 54.6 Å². The van der Waals surface area contributed by atoms with Gasteiger partial charge in [-0.25, -0.2) is 0 Å². The fourth-order valence-corrected chi connectivity index (χ4v) is 3.11. The number of carboxylic acid groups (broad SMARTS) is 1. The molecule has 2 aromatic rings. The van der Waals surface area contributed by atoms with Gasteiger partial charge in [0.05, 0.1) is 0 Å². The molecule has 0 bridgehead atoms. The number of para-hydroxylation sites is 1. The van der Waals surface area contributed by atoms with Crippen LogP contribution in [0.25, 0.3) is 0 Å². The SMILES string of the molecule is CN(C(=O)C1CC(CC(=O)O)C1)c1ccc(Oc2ccccc2)cc1. The van der Waals surface area contributed by atoms with Gasteiger partial charge in [-0.15, -0.1) is 0 Å². The van der Waals surface area contributed by atoms with Crippen LogP contribution in [-0.2, 0) is 9.59 Å². The number of benzene rings is 2. The average molecular weight is 339 g/mol. The van der Waals surface area contributed by atoms with Crippen molar-refractivity contribution in [2.24, 2.45) is 11.8 Å². The maximum atomic E-state index is 12.5. The van der Waals surface area contributed by atoms with Gasteiger partial charge < -0.3 is 14.7 Å². The fourth-order valence-electron chi connectivity index (χ4n) is 3.11. The molecule has 1 amide bonds. The van der Waals surface area contributed by atoms with Gasteiger partial charge in [-0.1, -0.05) is 18.2 Å². The summed E-state index contributed by atoms with van der Waals surface area (Å²) >= 11 is 0. The van der Waals surface area contributed by atoms with Gasteiger partial charge in [-0.3, -0.25) is 9.59 Å². The first-order valence-corrected chi connectivity index (χ1v) is 8.35. The molecule has 0 unspecified atom stereocenters. The van der Waals surface area contributed by atoms with Crippen molar-refractivity contribution in [1.29, 1.82) is 0 Å². The number of carboxylic acids is 1. The Kier molecular flexibility index (Phi) is 5.03. The number of hydrogen-bond donors (Lipinski definition) is 1. The normalized spacial score (nSPS) is 18.9. The molecule has 0 aliphatic heterocycles. The Bertz CT molecular complexity index is 736. The second-order valence-corrected chi connectivity index (χ2v) is 6.44. The molecule has 5 nitrogen and oxygen atoms in total. The number of rotatable bonds is 6. The first-order chi connectivity index (χ1) is 12.0. The standard InChI is InChI=1S/C20H21NO4/c1-21(20(24)15-11-14(12-15)13-19(22)23)16-7-9-18(10-8-16)25-17-5-3-2-4-6-17/h2-10,14-15H,11-13H2,1H3,(H,22,23). The predicted octanol–water partition coefficient (Wildman–Crippen LogP) is 3.94. The van der Waals surface area contributed by atoms with Gasteiger partial charge in [0, 0.05) is 25.1 Å². The molecule has 1 saturated carbocycles. The lowest BCUT2D eigenvalue weighted by Gasteiger charge is -2.35. The van der Waals surface area contributed by atoms with Crippen molar-refractivity contribution in [2.75, 3.05) is 11.9 Å². The largest absolute Gasteiger partial charge is 0.481 e. The zero-order valence-electron chi connectivity index (χ0n) is 14.1. The second kappa shape index (κ2) is 7.38. The Balaban J connectivity index is 1.56. The van der Waals surface area contributed by atoms with Crippen molar-refractivity contribution in [3.8, 4) is 11.5 Å². The number of hydrogen-bond acceptors (Lipinski definition) is 3. The van der Waals surface area contributed by atoms with Crippen LogP contribution >= 0.6 is 0 Å². The molecule has 0 atom stereocenters. The minimum absolute atomic E-state index is 0.0402. The topological polar surface area (TPSA) is 66.8 Å². The number of carbonyl (C=O) groups excluding carboxylic acids is 1. The van der Waals surface area contributed by atoms with Gasteiger partial charge in [0.2, 0.25) is 5.91 Å². The number of nitrogens with zero attached hydrogens (tertiary/aromatic N) is 1. The van der Waals surface area contributed by atoms with Crippen molar-refractivity contribution >= 4 is 17.6 Å². The molecule has 0 heterocycles. The van der Waals surface area contributed by atoms with E-state index in [0.717, 1.165) is 11.4 Å². The molecule has 0 radical (unpaired) electrons. The number of anilines is 1. The van der Waals surface area contributed by atoms with Crippen LogP contribution in [0, 0.1) is 11.8 Å². The van der Waals surface area contributed by atoms with Crippen molar-refractivity contribution in [3.63, 3.8) is 0 Å². The van der Waals surface area contributed by atoms with Crippen LogP contribution in [0.3, 0.4) is 0 Å². The van der Waals surface area contributed by atoms with E-state index < -0.39 is 5.97 Å². The minimum atomic E-state index is -0.793. The zero-order chi connectivity index (χ0) is 17.8. The zero-order valence-corrected chi connectivity index (χ0v) is 14.1. The molecule has 0 saturated heterocycles. The molecule has 1 aliphatic rings. The molecule has 25 heavy (non-hydrogen) atoms. The maximum Gasteiger partial charge on any atom is 0.303 e. The van der Waals surface area contributed by atoms with E-state index >= 15 is 0 Å². The smallest absolute Gasteiger partial charge is 0.303 e. The Morgan fingerprint density at radius 1 is 1.04 bits per heavy atom. The van der Waals surface area contributed by atoms with Crippen LogP contribution in [0.5, 0.6) is 11.5 Å². The number of amides is 1. The molecule has 0 aromatic heterocycles. The van der Waals surface area contributed by atoms with E-state index in [1.807, 2.05) is 54.6 Å². The van der Waals surface area contributed by atoms with Gasteiger partial charge in [-0.2, -0.15) is 0 Å². The highest BCUT2D eigenvalue weighted by Gasteiger charge is 2.37. The number of carbonyl (C=O) groups is 2. The lowest BCUT2D eigenvalue weighted by atomic mass is 9.72. The fraction of sp³-hybridized carbons (Fsp3) is 0.300. The molecule has 3 rings (SSSR count). The summed E-state index contributed by atoms with van der Waals surface area (Å²) in [5.41, 5.74) is 0.798. The van der Waals surface area contributed by atoms with E-state index in [4.69, 9.17) is 9.84 Å². The van der Waals surface area contributed by atoms with Crippen LogP contribution in [0.2, 0.25) is 0 Å². The highest BCUT2D eigenvalue weighted by atomic mass is 16.5. The summed E-state index contributed by atoms with van der Waals surface area (Å²) in [5.74, 6) is 0.771. The van der Waals surface area contributed by atoms with Gasteiger partial charge in [0.1, 0.15) is 11.5 Å². The van der Waals surface area contributed by atoms with Crippen LogP contribution in [0.4, 0.5) is 5.69 Å². The van der Waals surface area contributed by atoms with Crippen LogP contribution < -0.4 is 9.64 Å². The van der Waals surface area contributed by atoms with Crippen molar-refractivity contribution in [2.45, 2.75) is 19.3 Å². The molecule has 2 aromatic carbocycles. The van der Waals surface area contributed by atoms with E-state index in [1.165, 1.54) is 0 Å². The molecule has 5 heteroatoms. The van der Waals surface area contributed by atoms with Gasteiger partial charge >= 0.3 is 5.97 Å². The van der Waals surface area contributed by atoms with Gasteiger partial charge in [0.25, 0.3) is 0 Å². The molecular weight excluding hydrogens is 318 g/mol. The van der Waals surface area contributed by atoms with Crippen molar-refractivity contribution < 1.29 is 19.4 Å². The highest BCUT2D eigenvalue weighted by molar-refractivity contribution is 5.95. The first-order valence-electron chi connectivity index (χ1n) is 8.35. The van der Waals surface area contributed by atoms with Crippen molar-refractivity contribution in [1.82, 2.24) is 0 Å². The van der Waals surface area contributed by atoms with E-state index in [1.54, 1.807) is 11.9 Å². The van der Waals surface area contributed by atoms with Crippen LogP contribution in [-0.4, -0.2) is 24.0 Å². The molecule has 1 aliphatic carbocycles. The lowest BCUT2D eigenvalue weighted by Crippen LogP contribution is -2.40. The van der Waals surface area contributed by atoms with E-state index in [9.17, 15) is 9.59 Å². The Labute approximate surface area is 146 Å². The molecule has 0 spiro atoms. The number of ether oxygens (including phenoxy) is 1. The van der Waals surface area contributed by atoms with E-state index in [2.05, 4.69) is 0 Å². The van der Waals surface area contributed by atoms with Gasteiger partial charge in [-0.05, 0) is 55.2 Å². The minimum Gasteiger partial charge on any atom is -0.481 e. The highest BCUT2D eigenvalue weighted by Crippen LogP contribution is 2.38. The van der Waals surface area contributed by atoms with Crippen LogP contribution in [0.15, 0.2) is 54.6 Å². The quantitative estimate of drug-likeness (QED) is 0.865. The third-order valence-electron chi connectivity index (χ3n) is 4.58. The Morgan fingerprint density at radius 2 is 1.64 bits per heavy atom. The van der Waals surface area contributed by atoms with E-state index in [-0.39, 0.29) is 24.2 Å². The summed E-state index contributed by atoms with van der Waals surface area (Å²) in [7, 11) is 1.75. The average Bonchev–Trinajstić information content (AvgIpc) is 2.58. The Hall–Kier alpha value is -2.82. The summed E-state index contributed by atoms with van der Waals surface area (Å²) in [4.78, 5) is 24.8. The first kappa shape index (κ1) is 17.0. The summed E-state index contributed by atoms with van der Waals surface area (Å²) in [6.07, 6.45) is 1.47. The number of aliphatic carboxylic acids is 1.